The van der Waals surface area contributed by atoms with Gasteiger partial charge in [-0.25, -0.2) is 0 Å². The number of fused-ring (bicyclic) bond motifs is 1. The molecule has 8 atom stereocenters. The highest BCUT2D eigenvalue weighted by molar-refractivity contribution is 6.31. The van der Waals surface area contributed by atoms with E-state index in [0.29, 0.717) is 31.2 Å². The molecule has 5 rings (SSSR count). The predicted octanol–water partition coefficient (Wildman–Crippen LogP) is 4.77. The van der Waals surface area contributed by atoms with Gasteiger partial charge in [-0.1, -0.05) is 104 Å². The highest BCUT2D eigenvalue weighted by atomic mass is 35.5. The number of nitrogens with zero attached hydrogens (tertiary/aromatic N) is 7. The summed E-state index contributed by atoms with van der Waals surface area (Å²) >= 11 is 6.10. The Morgan fingerprint density at radius 1 is 0.663 bits per heavy atom. The Bertz CT molecular complexity index is 2740. The summed E-state index contributed by atoms with van der Waals surface area (Å²) in [5, 5.41) is 10.9. The lowest BCUT2D eigenvalue weighted by Gasteiger charge is -2.39. The number of likely N-dealkylation sites (N-methyl/N-ethyl adjacent to an activating group) is 6. The summed E-state index contributed by atoms with van der Waals surface area (Å²) in [5.74, 6) is -7.81. The van der Waals surface area contributed by atoms with E-state index in [1.165, 1.54) is 68.0 Å². The molecular weight excluding hydrogens is 1180 g/mol. The number of rotatable bonds is 10. The summed E-state index contributed by atoms with van der Waals surface area (Å²) in [7, 11) is 8.52. The van der Waals surface area contributed by atoms with E-state index in [1.54, 1.807) is 27.7 Å². The number of carbonyl (C=O) groups is 11. The molecule has 2 saturated heterocycles. The van der Waals surface area contributed by atoms with Crippen LogP contribution in [0.5, 0.6) is 0 Å². The Labute approximate surface area is 527 Å². The molecule has 11 amide bonds. The van der Waals surface area contributed by atoms with Gasteiger partial charge < -0.3 is 55.6 Å². The number of nitrogens with one attached hydrogen (secondary N) is 4. The van der Waals surface area contributed by atoms with E-state index in [4.69, 9.17) is 11.6 Å². The van der Waals surface area contributed by atoms with Crippen LogP contribution in [0.1, 0.15) is 156 Å². The number of aryl methyl sites for hydroxylation is 1. The standard InChI is InChI=1S/C63H97ClF3N11O11/c1-14-39(6)53-60(88)74(10)35-51(81)72(8)36-52(82)76(12)48(33-41-20-15-16-21-41)59(87)73(9)34-49(79)69-45(26-24-42-23-25-43(44(64)32-42)63(65,66)67)58(86)78-29-19-22-46(78)56(84)71-62(27-17-18-28-62)61(89)77(13)54(38(4)5)57(85)68-40(7)31-50(80)75(11)47(30-37(2)3)55(83)70-53/h23,25,32,37-41,45-48,53-54H,14-22,24,26-31,33-36H2,1-13H3,(H,68,85)(H,69,79)(H,70,83)(H,71,84)/t39-,40+,45-,46?,47-,48-,53-,54-/m0/s1. The van der Waals surface area contributed by atoms with Crippen molar-refractivity contribution in [1.82, 2.24) is 55.6 Å². The monoisotopic (exact) mass is 1280 g/mol. The molecule has 4 N–H and O–H groups in total. The summed E-state index contributed by atoms with van der Waals surface area (Å²) in [6, 6.07) is -4.58. The van der Waals surface area contributed by atoms with Gasteiger partial charge in [0.15, 0.2) is 0 Å². The Morgan fingerprint density at radius 3 is 1.85 bits per heavy atom. The van der Waals surface area contributed by atoms with E-state index >= 15 is 0 Å². The topological polar surface area (TPSA) is 259 Å². The molecule has 1 unspecified atom stereocenters. The Hall–Kier alpha value is -6.53. The zero-order valence-electron chi connectivity index (χ0n) is 54.4. The third-order valence-corrected chi connectivity index (χ3v) is 18.7. The van der Waals surface area contributed by atoms with Gasteiger partial charge in [-0.2, -0.15) is 13.2 Å². The van der Waals surface area contributed by atoms with Gasteiger partial charge >= 0.3 is 6.18 Å². The zero-order valence-corrected chi connectivity index (χ0v) is 55.1. The molecule has 26 heteroatoms. The van der Waals surface area contributed by atoms with Gasteiger partial charge in [0.2, 0.25) is 65.0 Å². The average molecular weight is 1280 g/mol. The second-order valence-electron chi connectivity index (χ2n) is 26.2. The molecule has 4 fully saturated rings. The minimum absolute atomic E-state index is 0.0443. The van der Waals surface area contributed by atoms with Gasteiger partial charge in [-0.15, -0.1) is 0 Å². The number of alkyl halides is 3. The summed E-state index contributed by atoms with van der Waals surface area (Å²) in [4.78, 5) is 167. The van der Waals surface area contributed by atoms with Crippen molar-refractivity contribution in [1.29, 1.82) is 0 Å². The minimum atomic E-state index is -4.74. The number of amides is 11. The quantitative estimate of drug-likeness (QED) is 0.248. The lowest BCUT2D eigenvalue weighted by Crippen LogP contribution is -2.64. The summed E-state index contributed by atoms with van der Waals surface area (Å²) in [5.41, 5.74) is -2.25. The summed E-state index contributed by atoms with van der Waals surface area (Å²) < 4.78 is 41.2. The lowest BCUT2D eigenvalue weighted by atomic mass is 9.92. The van der Waals surface area contributed by atoms with Crippen LogP contribution >= 0.6 is 11.6 Å². The third kappa shape index (κ3) is 19.0. The van der Waals surface area contributed by atoms with Crippen molar-refractivity contribution in [3.8, 4) is 0 Å². The fraction of sp³-hybridized carbons (Fsp3) is 0.730. The van der Waals surface area contributed by atoms with E-state index < -0.39 is 161 Å². The van der Waals surface area contributed by atoms with E-state index in [0.717, 1.165) is 52.5 Å². The molecule has 0 bridgehead atoms. The van der Waals surface area contributed by atoms with Crippen LogP contribution in [0.15, 0.2) is 18.2 Å². The minimum Gasteiger partial charge on any atom is -0.351 e. The number of halogens is 4. The van der Waals surface area contributed by atoms with E-state index in [2.05, 4.69) is 21.3 Å². The molecule has 2 heterocycles. The van der Waals surface area contributed by atoms with Gasteiger partial charge in [-0.05, 0) is 99.7 Å². The molecule has 22 nitrogen and oxygen atoms in total. The molecule has 498 valence electrons. The molecule has 1 aromatic rings. The van der Waals surface area contributed by atoms with Crippen molar-refractivity contribution in [3.63, 3.8) is 0 Å². The molecule has 4 aliphatic rings. The molecule has 89 heavy (non-hydrogen) atoms. The van der Waals surface area contributed by atoms with Crippen LogP contribution in [0.2, 0.25) is 5.02 Å². The van der Waals surface area contributed by atoms with E-state index in [-0.39, 0.29) is 69.7 Å². The van der Waals surface area contributed by atoms with Crippen molar-refractivity contribution in [2.24, 2.45) is 23.7 Å². The SMILES string of the molecule is CC[C@H](C)[C@@H]1NC(=O)[C@H](CC(C)C)N(C)C(=O)C[C@@H](C)NC(=O)[C@H](C(C)C)N(C)C(=O)C2(CCCC2)NC(=O)C2CCCN2C(=O)[C@H](CCc2ccc(C(F)(F)F)c(Cl)c2)NC(=O)CN(C)C(=O)[C@H](CC2CCCC2)N(C)C(=O)CN(C)C(=O)CN(C)C1=O. The summed E-state index contributed by atoms with van der Waals surface area (Å²) in [6.45, 7) is 10.9. The second-order valence-corrected chi connectivity index (χ2v) is 26.6. The predicted molar refractivity (Wildman–Crippen MR) is 328 cm³/mol. The van der Waals surface area contributed by atoms with Crippen molar-refractivity contribution in [2.75, 3.05) is 68.5 Å². The largest absolute Gasteiger partial charge is 0.417 e. The molecular formula is C63H97ClF3N11O11. The van der Waals surface area contributed by atoms with Crippen LogP contribution in [0.3, 0.4) is 0 Å². The molecule has 0 aromatic heterocycles. The first kappa shape index (κ1) is 73.2. The number of hydrogen-bond acceptors (Lipinski definition) is 11. The van der Waals surface area contributed by atoms with Crippen molar-refractivity contribution in [2.45, 2.75) is 205 Å². The summed E-state index contributed by atoms with van der Waals surface area (Å²) in [6.07, 6.45) is 1.06. The molecule has 2 saturated carbocycles. The molecule has 1 spiro atoms. The van der Waals surface area contributed by atoms with E-state index in [1.807, 2.05) is 20.8 Å². The number of hydrogen-bond donors (Lipinski definition) is 4. The van der Waals surface area contributed by atoms with Crippen LogP contribution in [-0.4, -0.2) is 216 Å². The fourth-order valence-corrected chi connectivity index (χ4v) is 13.2. The third-order valence-electron chi connectivity index (χ3n) is 18.4. The molecule has 2 aliphatic heterocycles. The fourth-order valence-electron chi connectivity index (χ4n) is 12.9. The van der Waals surface area contributed by atoms with Gasteiger partial charge in [0.25, 0.3) is 0 Å². The van der Waals surface area contributed by atoms with Crippen molar-refractivity contribution in [3.05, 3.63) is 34.3 Å². The smallest absolute Gasteiger partial charge is 0.351 e. The molecule has 0 radical (unpaired) electrons. The second kappa shape index (κ2) is 32.0. The number of benzene rings is 1. The van der Waals surface area contributed by atoms with Crippen LogP contribution in [0, 0.1) is 23.7 Å². The number of carbonyl (C=O) groups excluding carboxylic acids is 11. The van der Waals surface area contributed by atoms with Gasteiger partial charge in [0, 0.05) is 61.3 Å². The highest BCUT2D eigenvalue weighted by Gasteiger charge is 2.50. The average Bonchev–Trinajstić information content (AvgIpc) is 1.86. The Kier molecular flexibility index (Phi) is 26.3. The normalized spacial score (nSPS) is 26.3. The first-order valence-corrected chi connectivity index (χ1v) is 31.9. The molecule has 2 aliphatic carbocycles. The maximum atomic E-state index is 15.0. The first-order chi connectivity index (χ1) is 41.6. The molecule has 1 aromatic carbocycles. The van der Waals surface area contributed by atoms with Crippen LogP contribution in [0.25, 0.3) is 0 Å². The first-order valence-electron chi connectivity index (χ1n) is 31.5. The van der Waals surface area contributed by atoms with Crippen molar-refractivity contribution >= 4 is 76.6 Å². The van der Waals surface area contributed by atoms with Crippen LogP contribution in [-0.2, 0) is 65.3 Å². The van der Waals surface area contributed by atoms with Gasteiger partial charge in [-0.3, -0.25) is 52.7 Å². The highest BCUT2D eigenvalue weighted by Crippen LogP contribution is 2.37. The zero-order chi connectivity index (χ0) is 66.6. The van der Waals surface area contributed by atoms with E-state index in [9.17, 15) is 65.9 Å². The van der Waals surface area contributed by atoms with Crippen molar-refractivity contribution < 1.29 is 65.9 Å². The van der Waals surface area contributed by atoms with Gasteiger partial charge in [0.1, 0.15) is 41.8 Å². The maximum Gasteiger partial charge on any atom is 0.417 e. The maximum absolute atomic E-state index is 15.0. The van der Waals surface area contributed by atoms with Gasteiger partial charge in [0.05, 0.1) is 30.2 Å². The Balaban J connectivity index is 1.54. The van der Waals surface area contributed by atoms with Crippen LogP contribution < -0.4 is 21.3 Å². The van der Waals surface area contributed by atoms with Crippen LogP contribution in [0.4, 0.5) is 13.2 Å². The lowest BCUT2D eigenvalue weighted by molar-refractivity contribution is -0.149. The Morgan fingerprint density at radius 2 is 1.27 bits per heavy atom.